The Bertz CT molecular complexity index is 375. The number of aromatic nitrogens is 1. The van der Waals surface area contributed by atoms with Gasteiger partial charge in [-0.3, -0.25) is 4.79 Å². The van der Waals surface area contributed by atoms with Crippen molar-refractivity contribution in [1.82, 2.24) is 4.37 Å². The van der Waals surface area contributed by atoms with Crippen LogP contribution in [-0.2, 0) is 0 Å². The Labute approximate surface area is 99.6 Å². The van der Waals surface area contributed by atoms with Crippen molar-refractivity contribution in [3.8, 4) is 0 Å². The van der Waals surface area contributed by atoms with E-state index in [4.69, 9.17) is 11.5 Å². The highest BCUT2D eigenvalue weighted by Gasteiger charge is 2.19. The van der Waals surface area contributed by atoms with Crippen molar-refractivity contribution in [1.29, 1.82) is 0 Å². The van der Waals surface area contributed by atoms with E-state index in [-0.39, 0.29) is 5.82 Å². The van der Waals surface area contributed by atoms with Gasteiger partial charge in [-0.25, -0.2) is 0 Å². The summed E-state index contributed by atoms with van der Waals surface area (Å²) in [6.07, 6.45) is 1.05. The molecule has 0 saturated heterocycles. The lowest BCUT2D eigenvalue weighted by molar-refractivity contribution is 0.100. The highest BCUT2D eigenvalue weighted by Crippen LogP contribution is 2.29. The molecule has 0 bridgehead atoms. The van der Waals surface area contributed by atoms with E-state index in [0.29, 0.717) is 11.5 Å². The summed E-state index contributed by atoms with van der Waals surface area (Å²) in [6.45, 7) is 5.17. The first-order valence-electron chi connectivity index (χ1n) is 5.19. The van der Waals surface area contributed by atoms with Gasteiger partial charge >= 0.3 is 0 Å². The zero-order chi connectivity index (χ0) is 12.3. The van der Waals surface area contributed by atoms with Crippen molar-refractivity contribution >= 4 is 28.3 Å². The fourth-order valence-electron chi connectivity index (χ4n) is 1.34. The standard InChI is InChI=1S/C10H18N4OS/c1-6(2)4-5-14(3)10-7(9(12)15)8(11)13-16-10/h6H,4-5H2,1-3H3,(H2,11,13)(H2,12,15). The zero-order valence-corrected chi connectivity index (χ0v) is 10.7. The topological polar surface area (TPSA) is 85.2 Å². The highest BCUT2D eigenvalue weighted by molar-refractivity contribution is 7.11. The molecule has 1 heterocycles. The molecule has 0 atom stereocenters. The Morgan fingerprint density at radius 3 is 2.69 bits per heavy atom. The number of nitrogen functional groups attached to an aromatic ring is 1. The van der Waals surface area contributed by atoms with Gasteiger partial charge < -0.3 is 16.4 Å². The summed E-state index contributed by atoms with van der Waals surface area (Å²) in [7, 11) is 1.92. The maximum absolute atomic E-state index is 11.2. The number of nitrogens with zero attached hydrogens (tertiary/aromatic N) is 2. The first-order chi connectivity index (χ1) is 7.43. The van der Waals surface area contributed by atoms with E-state index in [9.17, 15) is 4.79 Å². The van der Waals surface area contributed by atoms with E-state index in [0.717, 1.165) is 18.0 Å². The van der Waals surface area contributed by atoms with Crippen LogP contribution in [0.15, 0.2) is 0 Å². The summed E-state index contributed by atoms with van der Waals surface area (Å²) >= 11 is 1.21. The Morgan fingerprint density at radius 2 is 2.19 bits per heavy atom. The second-order valence-corrected chi connectivity index (χ2v) is 4.97. The molecule has 0 aliphatic carbocycles. The van der Waals surface area contributed by atoms with Gasteiger partial charge in [-0.1, -0.05) is 13.8 Å². The van der Waals surface area contributed by atoms with Crippen molar-refractivity contribution in [2.24, 2.45) is 11.7 Å². The molecule has 0 aromatic carbocycles. The van der Waals surface area contributed by atoms with Crippen LogP contribution >= 0.6 is 11.5 Å². The van der Waals surface area contributed by atoms with E-state index in [1.807, 2.05) is 11.9 Å². The van der Waals surface area contributed by atoms with Gasteiger partial charge in [-0.2, -0.15) is 4.37 Å². The Hall–Kier alpha value is -1.30. The van der Waals surface area contributed by atoms with E-state index >= 15 is 0 Å². The number of primary amides is 1. The van der Waals surface area contributed by atoms with Crippen LogP contribution < -0.4 is 16.4 Å². The number of rotatable bonds is 5. The molecule has 1 aromatic rings. The van der Waals surface area contributed by atoms with Crippen LogP contribution in [0, 0.1) is 5.92 Å². The number of hydrogen-bond donors (Lipinski definition) is 2. The predicted molar refractivity (Wildman–Crippen MR) is 67.8 cm³/mol. The quantitative estimate of drug-likeness (QED) is 0.815. The maximum Gasteiger partial charge on any atom is 0.255 e. The molecule has 0 saturated carbocycles. The van der Waals surface area contributed by atoms with Crippen LogP contribution in [0.3, 0.4) is 0 Å². The normalized spacial score (nSPS) is 10.8. The average molecular weight is 242 g/mol. The minimum atomic E-state index is -0.516. The summed E-state index contributed by atoms with van der Waals surface area (Å²) in [6, 6.07) is 0. The van der Waals surface area contributed by atoms with Crippen LogP contribution in [0.4, 0.5) is 10.8 Å². The number of anilines is 2. The number of hydrogen-bond acceptors (Lipinski definition) is 5. The van der Waals surface area contributed by atoms with E-state index in [2.05, 4.69) is 18.2 Å². The lowest BCUT2D eigenvalue weighted by atomic mass is 10.1. The third kappa shape index (κ3) is 2.85. The summed E-state index contributed by atoms with van der Waals surface area (Å²) in [5.74, 6) is 0.325. The summed E-state index contributed by atoms with van der Waals surface area (Å²) in [5.41, 5.74) is 11.2. The van der Waals surface area contributed by atoms with Crippen LogP contribution in [0.5, 0.6) is 0 Å². The van der Waals surface area contributed by atoms with Gasteiger partial charge in [0.05, 0.1) is 0 Å². The van der Waals surface area contributed by atoms with Gasteiger partial charge in [0.25, 0.3) is 5.91 Å². The average Bonchev–Trinajstić information content (AvgIpc) is 2.56. The van der Waals surface area contributed by atoms with Gasteiger partial charge in [0, 0.05) is 13.6 Å². The van der Waals surface area contributed by atoms with Crippen molar-refractivity contribution in [2.45, 2.75) is 20.3 Å². The Balaban J connectivity index is 2.83. The number of carbonyl (C=O) groups excluding carboxylic acids is 1. The lowest BCUT2D eigenvalue weighted by Gasteiger charge is -2.18. The third-order valence-electron chi connectivity index (χ3n) is 2.34. The molecule has 6 heteroatoms. The fraction of sp³-hybridized carbons (Fsp3) is 0.600. The van der Waals surface area contributed by atoms with Crippen molar-refractivity contribution in [3.63, 3.8) is 0 Å². The largest absolute Gasteiger partial charge is 0.382 e. The predicted octanol–water partition coefficient (Wildman–Crippen LogP) is 1.31. The number of nitrogens with two attached hydrogens (primary N) is 2. The smallest absolute Gasteiger partial charge is 0.255 e. The van der Waals surface area contributed by atoms with E-state index < -0.39 is 5.91 Å². The second kappa shape index (κ2) is 5.16. The lowest BCUT2D eigenvalue weighted by Crippen LogP contribution is -2.23. The van der Waals surface area contributed by atoms with E-state index in [1.165, 1.54) is 11.5 Å². The molecule has 0 aliphatic heterocycles. The molecule has 1 rings (SSSR count). The third-order valence-corrected chi connectivity index (χ3v) is 3.31. The minimum absolute atomic E-state index is 0.226. The first kappa shape index (κ1) is 12.8. The molecule has 0 spiro atoms. The molecule has 0 unspecified atom stereocenters. The summed E-state index contributed by atoms with van der Waals surface area (Å²) in [5, 5.41) is 0.755. The molecule has 0 fully saturated rings. The second-order valence-electron chi connectivity index (χ2n) is 4.22. The van der Waals surface area contributed by atoms with Crippen molar-refractivity contribution in [2.75, 3.05) is 24.2 Å². The molecular weight excluding hydrogens is 224 g/mol. The zero-order valence-electron chi connectivity index (χ0n) is 9.86. The molecular formula is C10H18N4OS. The Kier molecular flexibility index (Phi) is 4.12. The molecule has 90 valence electrons. The first-order valence-corrected chi connectivity index (χ1v) is 5.97. The molecule has 0 radical (unpaired) electrons. The van der Waals surface area contributed by atoms with Crippen LogP contribution in [0.25, 0.3) is 0 Å². The molecule has 1 aromatic heterocycles. The SMILES string of the molecule is CC(C)CCN(C)c1snc(N)c1C(N)=O. The van der Waals surface area contributed by atoms with Gasteiger partial charge in [0.15, 0.2) is 5.82 Å². The molecule has 1 amide bonds. The summed E-state index contributed by atoms with van der Waals surface area (Å²) < 4.78 is 3.96. The van der Waals surface area contributed by atoms with Crippen LogP contribution in [0.2, 0.25) is 0 Å². The van der Waals surface area contributed by atoms with Crippen molar-refractivity contribution in [3.05, 3.63) is 5.56 Å². The summed E-state index contributed by atoms with van der Waals surface area (Å²) in [4.78, 5) is 13.2. The van der Waals surface area contributed by atoms with Gasteiger partial charge in [-0.15, -0.1) is 0 Å². The Morgan fingerprint density at radius 1 is 1.56 bits per heavy atom. The molecule has 0 aliphatic rings. The highest BCUT2D eigenvalue weighted by atomic mass is 32.1. The number of carbonyl (C=O) groups is 1. The van der Waals surface area contributed by atoms with Gasteiger partial charge in [-0.05, 0) is 23.9 Å². The van der Waals surface area contributed by atoms with E-state index in [1.54, 1.807) is 0 Å². The molecule has 5 nitrogen and oxygen atoms in total. The van der Waals surface area contributed by atoms with Crippen molar-refractivity contribution < 1.29 is 4.79 Å². The van der Waals surface area contributed by atoms with Gasteiger partial charge in [0.2, 0.25) is 0 Å². The number of amides is 1. The molecule has 4 N–H and O–H groups in total. The fourth-order valence-corrected chi connectivity index (χ4v) is 2.14. The maximum atomic E-state index is 11.2. The molecule has 16 heavy (non-hydrogen) atoms. The monoisotopic (exact) mass is 242 g/mol. The van der Waals surface area contributed by atoms with Crippen LogP contribution in [-0.4, -0.2) is 23.9 Å². The van der Waals surface area contributed by atoms with Crippen LogP contribution in [0.1, 0.15) is 30.6 Å². The van der Waals surface area contributed by atoms with Gasteiger partial charge in [0.1, 0.15) is 10.6 Å². The minimum Gasteiger partial charge on any atom is -0.382 e.